The third kappa shape index (κ3) is 5.43. The summed E-state index contributed by atoms with van der Waals surface area (Å²) in [7, 11) is 0. The lowest BCUT2D eigenvalue weighted by Gasteiger charge is -2.16. The smallest absolute Gasteiger partial charge is 0.237 e. The van der Waals surface area contributed by atoms with E-state index < -0.39 is 12.1 Å². The SMILES string of the molecule is CSCC[C@H](N)C(=O)NC(CO)CO. The van der Waals surface area contributed by atoms with Gasteiger partial charge in [-0.05, 0) is 18.4 Å². The van der Waals surface area contributed by atoms with Crippen LogP contribution in [0.5, 0.6) is 0 Å². The van der Waals surface area contributed by atoms with Crippen molar-refractivity contribution in [2.45, 2.75) is 18.5 Å². The molecule has 0 saturated heterocycles. The number of aliphatic hydroxyl groups is 2. The second kappa shape index (κ2) is 8.05. The standard InChI is InChI=1S/C8H18N2O3S/c1-14-3-2-7(9)8(13)10-6(4-11)5-12/h6-7,11-12H,2-5,9H2,1H3,(H,10,13)/t7-/m0/s1. The van der Waals surface area contributed by atoms with Crippen molar-refractivity contribution in [1.29, 1.82) is 0 Å². The number of carbonyl (C=O) groups is 1. The van der Waals surface area contributed by atoms with Crippen molar-refractivity contribution in [3.05, 3.63) is 0 Å². The van der Waals surface area contributed by atoms with Gasteiger partial charge in [0.25, 0.3) is 0 Å². The summed E-state index contributed by atoms with van der Waals surface area (Å²) in [4.78, 5) is 11.3. The van der Waals surface area contributed by atoms with Gasteiger partial charge in [0, 0.05) is 0 Å². The predicted molar refractivity (Wildman–Crippen MR) is 57.1 cm³/mol. The van der Waals surface area contributed by atoms with Crippen LogP contribution in [0.4, 0.5) is 0 Å². The summed E-state index contributed by atoms with van der Waals surface area (Å²) in [5.41, 5.74) is 5.57. The van der Waals surface area contributed by atoms with Crippen molar-refractivity contribution in [3.63, 3.8) is 0 Å². The molecule has 14 heavy (non-hydrogen) atoms. The van der Waals surface area contributed by atoms with Crippen LogP contribution in [-0.4, -0.2) is 53.4 Å². The molecule has 5 N–H and O–H groups in total. The third-order valence-corrected chi connectivity index (χ3v) is 2.40. The van der Waals surface area contributed by atoms with Gasteiger partial charge in [-0.3, -0.25) is 4.79 Å². The molecule has 0 heterocycles. The molecule has 0 aromatic rings. The van der Waals surface area contributed by atoms with Gasteiger partial charge in [-0.2, -0.15) is 11.8 Å². The number of thioether (sulfide) groups is 1. The average molecular weight is 222 g/mol. The molecule has 5 nitrogen and oxygen atoms in total. The number of rotatable bonds is 7. The van der Waals surface area contributed by atoms with Crippen molar-refractivity contribution in [2.24, 2.45) is 5.73 Å². The van der Waals surface area contributed by atoms with Crippen molar-refractivity contribution < 1.29 is 15.0 Å². The summed E-state index contributed by atoms with van der Waals surface area (Å²) in [5.74, 6) is 0.490. The number of nitrogens with two attached hydrogens (primary N) is 1. The van der Waals surface area contributed by atoms with Crippen molar-refractivity contribution >= 4 is 17.7 Å². The summed E-state index contributed by atoms with van der Waals surface area (Å²) in [6, 6.07) is -1.18. The summed E-state index contributed by atoms with van der Waals surface area (Å²) in [6.45, 7) is -0.561. The van der Waals surface area contributed by atoms with Crippen molar-refractivity contribution in [3.8, 4) is 0 Å². The summed E-state index contributed by atoms with van der Waals surface area (Å²) in [5, 5.41) is 19.9. The van der Waals surface area contributed by atoms with Gasteiger partial charge in [0.15, 0.2) is 0 Å². The average Bonchev–Trinajstić information content (AvgIpc) is 2.21. The van der Waals surface area contributed by atoms with E-state index in [1.165, 1.54) is 0 Å². The van der Waals surface area contributed by atoms with E-state index in [2.05, 4.69) is 5.32 Å². The van der Waals surface area contributed by atoms with Crippen LogP contribution in [0.1, 0.15) is 6.42 Å². The Morgan fingerprint density at radius 3 is 2.50 bits per heavy atom. The molecule has 0 aromatic carbocycles. The summed E-state index contributed by atoms with van der Waals surface area (Å²) < 4.78 is 0. The minimum absolute atomic E-state index is 0.280. The lowest BCUT2D eigenvalue weighted by molar-refractivity contribution is -0.123. The fraction of sp³-hybridized carbons (Fsp3) is 0.875. The molecule has 0 rings (SSSR count). The maximum atomic E-state index is 11.3. The number of aliphatic hydroxyl groups excluding tert-OH is 2. The van der Waals surface area contributed by atoms with Gasteiger partial charge < -0.3 is 21.3 Å². The third-order valence-electron chi connectivity index (χ3n) is 1.76. The first-order chi connectivity index (χ1) is 6.65. The fourth-order valence-electron chi connectivity index (χ4n) is 0.833. The number of amides is 1. The summed E-state index contributed by atoms with van der Waals surface area (Å²) >= 11 is 1.62. The molecule has 0 aliphatic rings. The number of carbonyl (C=O) groups excluding carboxylic acids is 1. The molecular weight excluding hydrogens is 204 g/mol. The quantitative estimate of drug-likeness (QED) is 0.422. The summed E-state index contributed by atoms with van der Waals surface area (Å²) in [6.07, 6.45) is 2.53. The van der Waals surface area contributed by atoms with Crippen molar-refractivity contribution in [1.82, 2.24) is 5.32 Å². The molecule has 0 unspecified atom stereocenters. The van der Waals surface area contributed by atoms with E-state index in [-0.39, 0.29) is 19.1 Å². The van der Waals surface area contributed by atoms with E-state index in [1.54, 1.807) is 11.8 Å². The molecular formula is C8H18N2O3S. The van der Waals surface area contributed by atoms with Gasteiger partial charge in [-0.25, -0.2) is 0 Å². The van der Waals surface area contributed by atoms with Crippen molar-refractivity contribution in [2.75, 3.05) is 25.2 Å². The number of hydrogen-bond acceptors (Lipinski definition) is 5. The molecule has 0 fully saturated rings. The number of nitrogens with one attached hydrogen (secondary N) is 1. The van der Waals surface area contributed by atoms with E-state index >= 15 is 0 Å². The zero-order valence-electron chi connectivity index (χ0n) is 8.27. The molecule has 0 radical (unpaired) electrons. The minimum Gasteiger partial charge on any atom is -0.394 e. The van der Waals surface area contributed by atoms with Gasteiger partial charge in [0.2, 0.25) is 5.91 Å². The molecule has 6 heteroatoms. The second-order valence-electron chi connectivity index (χ2n) is 2.96. The Hall–Kier alpha value is -0.300. The topological polar surface area (TPSA) is 95.6 Å². The van der Waals surface area contributed by atoms with E-state index in [4.69, 9.17) is 15.9 Å². The Morgan fingerprint density at radius 1 is 1.50 bits per heavy atom. The monoisotopic (exact) mass is 222 g/mol. The lowest BCUT2D eigenvalue weighted by atomic mass is 10.2. The maximum Gasteiger partial charge on any atom is 0.237 e. The highest BCUT2D eigenvalue weighted by Gasteiger charge is 2.16. The van der Waals surface area contributed by atoms with E-state index in [0.29, 0.717) is 6.42 Å². The largest absolute Gasteiger partial charge is 0.394 e. The van der Waals surface area contributed by atoms with Gasteiger partial charge in [-0.15, -0.1) is 0 Å². The fourth-order valence-corrected chi connectivity index (χ4v) is 1.32. The van der Waals surface area contributed by atoms with Crippen LogP contribution < -0.4 is 11.1 Å². The maximum absolute atomic E-state index is 11.3. The first-order valence-corrected chi connectivity index (χ1v) is 5.81. The van der Waals surface area contributed by atoms with Crippen LogP contribution in [0.3, 0.4) is 0 Å². The lowest BCUT2D eigenvalue weighted by Crippen LogP contribution is -2.48. The second-order valence-corrected chi connectivity index (χ2v) is 3.94. The molecule has 0 aliphatic heterocycles. The van der Waals surface area contributed by atoms with Crippen LogP contribution >= 0.6 is 11.8 Å². The zero-order chi connectivity index (χ0) is 11.0. The van der Waals surface area contributed by atoms with E-state index in [9.17, 15) is 4.79 Å². The van der Waals surface area contributed by atoms with Crippen LogP contribution in [0.15, 0.2) is 0 Å². The van der Waals surface area contributed by atoms with Crippen LogP contribution in [-0.2, 0) is 4.79 Å². The molecule has 0 aromatic heterocycles. The van der Waals surface area contributed by atoms with Crippen LogP contribution in [0.2, 0.25) is 0 Å². The zero-order valence-corrected chi connectivity index (χ0v) is 9.09. The predicted octanol–water partition coefficient (Wildman–Crippen LogP) is -1.46. The first-order valence-electron chi connectivity index (χ1n) is 4.42. The number of hydrogen-bond donors (Lipinski definition) is 4. The van der Waals surface area contributed by atoms with E-state index in [0.717, 1.165) is 5.75 Å². The van der Waals surface area contributed by atoms with Gasteiger partial charge in [0.05, 0.1) is 25.3 Å². The van der Waals surface area contributed by atoms with Crippen LogP contribution in [0, 0.1) is 0 Å². The highest BCUT2D eigenvalue weighted by molar-refractivity contribution is 7.98. The van der Waals surface area contributed by atoms with Crippen LogP contribution in [0.25, 0.3) is 0 Å². The minimum atomic E-state index is -0.608. The molecule has 0 saturated carbocycles. The molecule has 84 valence electrons. The Bertz CT molecular complexity index is 165. The normalized spacial score (nSPS) is 12.9. The highest BCUT2D eigenvalue weighted by atomic mass is 32.2. The Balaban J connectivity index is 3.81. The molecule has 0 bridgehead atoms. The van der Waals surface area contributed by atoms with Gasteiger partial charge in [-0.1, -0.05) is 0 Å². The first kappa shape index (κ1) is 13.7. The van der Waals surface area contributed by atoms with Gasteiger partial charge >= 0.3 is 0 Å². The van der Waals surface area contributed by atoms with E-state index in [1.807, 2.05) is 6.26 Å². The Kier molecular flexibility index (Phi) is 7.87. The molecule has 1 atom stereocenters. The Morgan fingerprint density at radius 2 is 2.07 bits per heavy atom. The van der Waals surface area contributed by atoms with Gasteiger partial charge in [0.1, 0.15) is 0 Å². The molecule has 0 aliphatic carbocycles. The Labute approximate surface area is 88.1 Å². The molecule has 0 spiro atoms. The highest BCUT2D eigenvalue weighted by Crippen LogP contribution is 1.98. The molecule has 1 amide bonds.